The lowest BCUT2D eigenvalue weighted by molar-refractivity contribution is -0.119. The monoisotopic (exact) mass is 353 g/mol. The predicted molar refractivity (Wildman–Crippen MR) is 98.2 cm³/mol. The van der Waals surface area contributed by atoms with Crippen LogP contribution in [-0.4, -0.2) is 21.9 Å². The van der Waals surface area contributed by atoms with E-state index in [0.717, 1.165) is 16.7 Å². The van der Waals surface area contributed by atoms with Crippen molar-refractivity contribution in [2.75, 3.05) is 5.75 Å². The van der Waals surface area contributed by atoms with Gasteiger partial charge < -0.3 is 9.73 Å². The number of aryl methyl sites for hydroxylation is 1. The van der Waals surface area contributed by atoms with Crippen LogP contribution in [0.2, 0.25) is 0 Å². The molecule has 0 fully saturated rings. The first-order valence-electron chi connectivity index (χ1n) is 8.00. The van der Waals surface area contributed by atoms with Gasteiger partial charge in [-0.2, -0.15) is 0 Å². The SMILES string of the molecule is Cc1ccccc1-c1nnc(SCC(=O)NC(C)c2ccccc2)o1. The molecule has 0 spiro atoms. The molecule has 1 heterocycles. The lowest BCUT2D eigenvalue weighted by Gasteiger charge is -2.13. The van der Waals surface area contributed by atoms with E-state index in [4.69, 9.17) is 4.42 Å². The van der Waals surface area contributed by atoms with Crippen LogP contribution in [0.4, 0.5) is 0 Å². The molecule has 1 atom stereocenters. The Morgan fingerprint density at radius 2 is 1.84 bits per heavy atom. The highest BCUT2D eigenvalue weighted by Crippen LogP contribution is 2.25. The van der Waals surface area contributed by atoms with Crippen molar-refractivity contribution in [3.05, 3.63) is 65.7 Å². The van der Waals surface area contributed by atoms with Crippen LogP contribution in [0.1, 0.15) is 24.1 Å². The zero-order chi connectivity index (χ0) is 17.6. The number of rotatable bonds is 6. The second kappa shape index (κ2) is 7.98. The average Bonchev–Trinajstić information content (AvgIpc) is 3.10. The molecular weight excluding hydrogens is 334 g/mol. The summed E-state index contributed by atoms with van der Waals surface area (Å²) in [6.45, 7) is 3.95. The average molecular weight is 353 g/mol. The molecule has 0 aliphatic rings. The summed E-state index contributed by atoms with van der Waals surface area (Å²) in [6, 6.07) is 17.6. The number of carbonyl (C=O) groups is 1. The van der Waals surface area contributed by atoms with Crippen LogP contribution in [0.25, 0.3) is 11.5 Å². The minimum Gasteiger partial charge on any atom is -0.411 e. The molecule has 2 aromatic carbocycles. The van der Waals surface area contributed by atoms with Crippen molar-refractivity contribution in [2.45, 2.75) is 25.1 Å². The number of amides is 1. The van der Waals surface area contributed by atoms with Gasteiger partial charge in [-0.15, -0.1) is 10.2 Å². The van der Waals surface area contributed by atoms with Gasteiger partial charge in [0.05, 0.1) is 11.8 Å². The van der Waals surface area contributed by atoms with E-state index in [1.165, 1.54) is 11.8 Å². The Hall–Kier alpha value is -2.60. The van der Waals surface area contributed by atoms with Gasteiger partial charge in [-0.1, -0.05) is 60.3 Å². The lowest BCUT2D eigenvalue weighted by atomic mass is 10.1. The van der Waals surface area contributed by atoms with Gasteiger partial charge in [0.25, 0.3) is 5.22 Å². The normalized spacial score (nSPS) is 11.9. The molecule has 3 aromatic rings. The molecule has 128 valence electrons. The third kappa shape index (κ3) is 4.48. The molecule has 1 aromatic heterocycles. The van der Waals surface area contributed by atoms with Crippen LogP contribution in [-0.2, 0) is 4.79 Å². The zero-order valence-electron chi connectivity index (χ0n) is 14.1. The molecule has 0 radical (unpaired) electrons. The molecule has 0 bridgehead atoms. The molecule has 1 unspecified atom stereocenters. The van der Waals surface area contributed by atoms with Crippen molar-refractivity contribution in [2.24, 2.45) is 0 Å². The summed E-state index contributed by atoms with van der Waals surface area (Å²) in [5, 5.41) is 11.4. The molecule has 0 aliphatic carbocycles. The third-order valence-electron chi connectivity index (χ3n) is 3.79. The van der Waals surface area contributed by atoms with Gasteiger partial charge in [-0.3, -0.25) is 4.79 Å². The first kappa shape index (κ1) is 17.2. The van der Waals surface area contributed by atoms with Crippen molar-refractivity contribution < 1.29 is 9.21 Å². The molecular formula is C19H19N3O2S. The second-order valence-corrected chi connectivity index (χ2v) is 6.60. The Morgan fingerprint density at radius 3 is 2.60 bits per heavy atom. The highest BCUT2D eigenvalue weighted by atomic mass is 32.2. The smallest absolute Gasteiger partial charge is 0.277 e. The number of carbonyl (C=O) groups excluding carboxylic acids is 1. The molecule has 6 heteroatoms. The van der Waals surface area contributed by atoms with E-state index in [9.17, 15) is 4.79 Å². The number of hydrogen-bond acceptors (Lipinski definition) is 5. The lowest BCUT2D eigenvalue weighted by Crippen LogP contribution is -2.28. The number of nitrogens with one attached hydrogen (secondary N) is 1. The van der Waals surface area contributed by atoms with E-state index in [1.54, 1.807) is 0 Å². The highest BCUT2D eigenvalue weighted by Gasteiger charge is 2.14. The maximum Gasteiger partial charge on any atom is 0.277 e. The Bertz CT molecular complexity index is 849. The summed E-state index contributed by atoms with van der Waals surface area (Å²) in [5.41, 5.74) is 3.04. The largest absolute Gasteiger partial charge is 0.411 e. The third-order valence-corrected chi connectivity index (χ3v) is 4.60. The molecule has 1 amide bonds. The molecule has 1 N–H and O–H groups in total. The molecule has 3 rings (SSSR count). The maximum atomic E-state index is 12.1. The molecule has 25 heavy (non-hydrogen) atoms. The zero-order valence-corrected chi connectivity index (χ0v) is 14.9. The second-order valence-electron chi connectivity index (χ2n) is 5.68. The van der Waals surface area contributed by atoms with Gasteiger partial charge in [0.2, 0.25) is 11.8 Å². The van der Waals surface area contributed by atoms with Gasteiger partial charge in [-0.25, -0.2) is 0 Å². The maximum absolute atomic E-state index is 12.1. The predicted octanol–water partition coefficient (Wildman–Crippen LogP) is 4.01. The Balaban J connectivity index is 1.55. The Kier molecular flexibility index (Phi) is 5.50. The topological polar surface area (TPSA) is 68.0 Å². The van der Waals surface area contributed by atoms with Crippen LogP contribution >= 0.6 is 11.8 Å². The van der Waals surface area contributed by atoms with Crippen LogP contribution in [0, 0.1) is 6.92 Å². The fourth-order valence-corrected chi connectivity index (χ4v) is 3.00. The number of thioether (sulfide) groups is 1. The Labute approximate surface area is 150 Å². The summed E-state index contributed by atoms with van der Waals surface area (Å²) in [5.74, 6) is 0.628. The van der Waals surface area contributed by atoms with Crippen molar-refractivity contribution in [3.8, 4) is 11.5 Å². The number of aromatic nitrogens is 2. The number of nitrogens with zero attached hydrogens (tertiary/aromatic N) is 2. The fourth-order valence-electron chi connectivity index (χ4n) is 2.43. The molecule has 5 nitrogen and oxygen atoms in total. The summed E-state index contributed by atoms with van der Waals surface area (Å²) < 4.78 is 5.65. The molecule has 0 aliphatic heterocycles. The minimum absolute atomic E-state index is 0.0421. The summed E-state index contributed by atoms with van der Waals surface area (Å²) in [7, 11) is 0. The van der Waals surface area contributed by atoms with E-state index >= 15 is 0 Å². The van der Waals surface area contributed by atoms with E-state index in [0.29, 0.717) is 11.1 Å². The van der Waals surface area contributed by atoms with Gasteiger partial charge in [0, 0.05) is 5.56 Å². The van der Waals surface area contributed by atoms with E-state index in [1.807, 2.05) is 68.4 Å². The van der Waals surface area contributed by atoms with Gasteiger partial charge in [0.1, 0.15) is 0 Å². The quantitative estimate of drug-likeness (QED) is 0.678. The fraction of sp³-hybridized carbons (Fsp3) is 0.211. The van der Waals surface area contributed by atoms with Gasteiger partial charge in [0.15, 0.2) is 0 Å². The highest BCUT2D eigenvalue weighted by molar-refractivity contribution is 7.99. The van der Waals surface area contributed by atoms with Crippen LogP contribution in [0.5, 0.6) is 0 Å². The Morgan fingerprint density at radius 1 is 1.12 bits per heavy atom. The van der Waals surface area contributed by atoms with Crippen LogP contribution < -0.4 is 5.32 Å². The molecule has 0 saturated heterocycles. The van der Waals surface area contributed by atoms with E-state index < -0.39 is 0 Å². The van der Waals surface area contributed by atoms with Crippen molar-refractivity contribution in [3.63, 3.8) is 0 Å². The summed E-state index contributed by atoms with van der Waals surface area (Å²) in [4.78, 5) is 12.1. The molecule has 0 saturated carbocycles. The van der Waals surface area contributed by atoms with Crippen molar-refractivity contribution in [1.82, 2.24) is 15.5 Å². The minimum atomic E-state index is -0.0722. The first-order chi connectivity index (χ1) is 12.1. The van der Waals surface area contributed by atoms with Gasteiger partial charge in [-0.05, 0) is 31.0 Å². The standard InChI is InChI=1S/C19H19N3O2S/c1-13-8-6-7-11-16(13)18-21-22-19(24-18)25-12-17(23)20-14(2)15-9-4-3-5-10-15/h3-11,14H,12H2,1-2H3,(H,20,23). The van der Waals surface area contributed by atoms with Crippen molar-refractivity contribution >= 4 is 17.7 Å². The van der Waals surface area contributed by atoms with Crippen molar-refractivity contribution in [1.29, 1.82) is 0 Å². The van der Waals surface area contributed by atoms with Crippen LogP contribution in [0.3, 0.4) is 0 Å². The summed E-state index contributed by atoms with van der Waals surface area (Å²) in [6.07, 6.45) is 0. The van der Waals surface area contributed by atoms with Crippen LogP contribution in [0.15, 0.2) is 64.2 Å². The summed E-state index contributed by atoms with van der Waals surface area (Å²) >= 11 is 1.23. The first-order valence-corrected chi connectivity index (χ1v) is 8.98. The van der Waals surface area contributed by atoms with E-state index in [2.05, 4.69) is 15.5 Å². The van der Waals surface area contributed by atoms with E-state index in [-0.39, 0.29) is 17.7 Å². The number of hydrogen-bond donors (Lipinski definition) is 1. The number of benzene rings is 2. The van der Waals surface area contributed by atoms with Gasteiger partial charge >= 0.3 is 0 Å².